The molecule has 1 saturated heterocycles. The van der Waals surface area contributed by atoms with Crippen molar-refractivity contribution in [2.45, 2.75) is 33.2 Å². The van der Waals surface area contributed by atoms with Gasteiger partial charge in [-0.15, -0.1) is 0 Å². The minimum Gasteiger partial charge on any atom is -0.494 e. The van der Waals surface area contributed by atoms with Crippen molar-refractivity contribution in [2.75, 3.05) is 33.3 Å². The molecule has 2 rings (SSSR count). The molecule has 1 aromatic carbocycles. The zero-order valence-corrected chi connectivity index (χ0v) is 13.1. The van der Waals surface area contributed by atoms with E-state index < -0.39 is 0 Å². The lowest BCUT2D eigenvalue weighted by molar-refractivity contribution is 0.136. The monoisotopic (exact) mass is 276 g/mol. The third kappa shape index (κ3) is 4.22. The molecule has 112 valence electrons. The van der Waals surface area contributed by atoms with Gasteiger partial charge in [0.25, 0.3) is 0 Å². The second kappa shape index (κ2) is 7.09. The average Bonchev–Trinajstić information content (AvgIpc) is 2.45. The van der Waals surface area contributed by atoms with Crippen molar-refractivity contribution < 1.29 is 4.74 Å². The van der Waals surface area contributed by atoms with Crippen LogP contribution in [0, 0.1) is 5.41 Å². The number of likely N-dealkylation sites (tertiary alicyclic amines) is 1. The van der Waals surface area contributed by atoms with Crippen LogP contribution in [0.25, 0.3) is 0 Å². The van der Waals surface area contributed by atoms with Crippen LogP contribution in [0.15, 0.2) is 24.3 Å². The summed E-state index contributed by atoms with van der Waals surface area (Å²) in [7, 11) is 2.21. The average molecular weight is 276 g/mol. The van der Waals surface area contributed by atoms with Gasteiger partial charge in [-0.2, -0.15) is 0 Å². The summed E-state index contributed by atoms with van der Waals surface area (Å²) >= 11 is 0. The lowest BCUT2D eigenvalue weighted by Gasteiger charge is -2.38. The Morgan fingerprint density at radius 2 is 1.95 bits per heavy atom. The second-order valence-electron chi connectivity index (χ2n) is 6.26. The molecule has 1 aromatic rings. The predicted octanol–water partition coefficient (Wildman–Crippen LogP) is 2.91. The Bertz CT molecular complexity index is 411. The first-order valence-electron chi connectivity index (χ1n) is 7.73. The van der Waals surface area contributed by atoms with Crippen LogP contribution in [0.1, 0.15) is 32.3 Å². The molecule has 1 aliphatic heterocycles. The van der Waals surface area contributed by atoms with Gasteiger partial charge in [0.1, 0.15) is 5.75 Å². The second-order valence-corrected chi connectivity index (χ2v) is 6.26. The van der Waals surface area contributed by atoms with Gasteiger partial charge in [-0.05, 0) is 51.4 Å². The van der Waals surface area contributed by atoms with Gasteiger partial charge in [0, 0.05) is 18.7 Å². The van der Waals surface area contributed by atoms with Gasteiger partial charge in [0.2, 0.25) is 0 Å². The summed E-state index contributed by atoms with van der Waals surface area (Å²) in [6.45, 7) is 9.57. The van der Waals surface area contributed by atoms with E-state index >= 15 is 0 Å². The molecule has 0 aliphatic carbocycles. The van der Waals surface area contributed by atoms with Crippen molar-refractivity contribution in [1.82, 2.24) is 10.2 Å². The molecule has 0 unspecified atom stereocenters. The van der Waals surface area contributed by atoms with Crippen molar-refractivity contribution in [2.24, 2.45) is 5.41 Å². The van der Waals surface area contributed by atoms with Crippen LogP contribution in [-0.4, -0.2) is 38.2 Å². The van der Waals surface area contributed by atoms with E-state index in [1.165, 1.54) is 31.5 Å². The number of ether oxygens (including phenoxy) is 1. The first-order chi connectivity index (χ1) is 9.63. The molecule has 0 aromatic heterocycles. The van der Waals surface area contributed by atoms with Crippen molar-refractivity contribution in [3.8, 4) is 5.75 Å². The van der Waals surface area contributed by atoms with E-state index in [0.29, 0.717) is 5.41 Å². The van der Waals surface area contributed by atoms with E-state index in [1.54, 1.807) is 0 Å². The third-order valence-corrected chi connectivity index (χ3v) is 4.33. The van der Waals surface area contributed by atoms with Crippen LogP contribution >= 0.6 is 0 Å². The van der Waals surface area contributed by atoms with Crippen LogP contribution in [0.4, 0.5) is 0 Å². The lowest BCUT2D eigenvalue weighted by Crippen LogP contribution is -2.41. The highest BCUT2D eigenvalue weighted by molar-refractivity contribution is 5.33. The maximum Gasteiger partial charge on any atom is 0.123 e. The number of hydrogen-bond donors (Lipinski definition) is 1. The molecule has 20 heavy (non-hydrogen) atoms. The Balaban J connectivity index is 1.83. The molecule has 1 aliphatic rings. The summed E-state index contributed by atoms with van der Waals surface area (Å²) in [5.41, 5.74) is 1.69. The number of piperidine rings is 1. The van der Waals surface area contributed by atoms with Crippen molar-refractivity contribution >= 4 is 0 Å². The Kier molecular flexibility index (Phi) is 5.44. The summed E-state index contributed by atoms with van der Waals surface area (Å²) in [5.74, 6) is 1.01. The standard InChI is InChI=1S/C17H28N2O/c1-4-20-16-8-6-5-7-15(16)13-18-14-17(2)9-11-19(3)12-10-17/h5-8,18H,4,9-14H2,1-3H3. The Morgan fingerprint density at radius 1 is 1.25 bits per heavy atom. The summed E-state index contributed by atoms with van der Waals surface area (Å²) in [5, 5.41) is 3.63. The summed E-state index contributed by atoms with van der Waals surface area (Å²) in [4.78, 5) is 2.42. The summed E-state index contributed by atoms with van der Waals surface area (Å²) in [6, 6.07) is 8.32. The van der Waals surface area contributed by atoms with Crippen LogP contribution in [0.3, 0.4) is 0 Å². The van der Waals surface area contributed by atoms with Gasteiger partial charge >= 0.3 is 0 Å². The van der Waals surface area contributed by atoms with E-state index in [2.05, 4.69) is 42.4 Å². The van der Waals surface area contributed by atoms with E-state index in [-0.39, 0.29) is 0 Å². The van der Waals surface area contributed by atoms with Gasteiger partial charge in [-0.25, -0.2) is 0 Å². The molecule has 3 nitrogen and oxygen atoms in total. The SMILES string of the molecule is CCOc1ccccc1CNCC1(C)CCN(C)CC1. The van der Waals surface area contributed by atoms with E-state index in [9.17, 15) is 0 Å². The number of nitrogens with zero attached hydrogens (tertiary/aromatic N) is 1. The predicted molar refractivity (Wildman–Crippen MR) is 84.2 cm³/mol. The van der Waals surface area contributed by atoms with Crippen molar-refractivity contribution in [3.05, 3.63) is 29.8 Å². The zero-order chi connectivity index (χ0) is 14.4. The number of rotatable bonds is 6. The minimum atomic E-state index is 0.438. The maximum atomic E-state index is 5.67. The highest BCUT2D eigenvalue weighted by atomic mass is 16.5. The number of para-hydroxylation sites is 1. The summed E-state index contributed by atoms with van der Waals surface area (Å²) in [6.07, 6.45) is 2.56. The van der Waals surface area contributed by atoms with Crippen molar-refractivity contribution in [3.63, 3.8) is 0 Å². The lowest BCUT2D eigenvalue weighted by atomic mass is 9.80. The van der Waals surface area contributed by atoms with Gasteiger partial charge in [0.05, 0.1) is 6.61 Å². The maximum absolute atomic E-state index is 5.67. The third-order valence-electron chi connectivity index (χ3n) is 4.33. The summed E-state index contributed by atoms with van der Waals surface area (Å²) < 4.78 is 5.67. The zero-order valence-electron chi connectivity index (χ0n) is 13.1. The number of hydrogen-bond acceptors (Lipinski definition) is 3. The van der Waals surface area contributed by atoms with Gasteiger partial charge in [0.15, 0.2) is 0 Å². The quantitative estimate of drug-likeness (QED) is 0.864. The van der Waals surface area contributed by atoms with Crippen LogP contribution in [0.2, 0.25) is 0 Å². The van der Waals surface area contributed by atoms with E-state index in [1.807, 2.05) is 13.0 Å². The highest BCUT2D eigenvalue weighted by Crippen LogP contribution is 2.29. The largest absolute Gasteiger partial charge is 0.494 e. The molecular weight excluding hydrogens is 248 g/mol. The van der Waals surface area contributed by atoms with Gasteiger partial charge < -0.3 is 15.0 Å². The molecule has 3 heteroatoms. The molecule has 0 spiro atoms. The molecule has 0 atom stereocenters. The van der Waals surface area contributed by atoms with Crippen molar-refractivity contribution in [1.29, 1.82) is 0 Å². The molecule has 0 amide bonds. The first-order valence-corrected chi connectivity index (χ1v) is 7.73. The molecular formula is C17H28N2O. The van der Waals surface area contributed by atoms with Gasteiger partial charge in [-0.3, -0.25) is 0 Å². The molecule has 1 fully saturated rings. The minimum absolute atomic E-state index is 0.438. The smallest absolute Gasteiger partial charge is 0.123 e. The van der Waals surface area contributed by atoms with Crippen LogP contribution in [-0.2, 0) is 6.54 Å². The number of nitrogens with one attached hydrogen (secondary N) is 1. The molecule has 0 bridgehead atoms. The van der Waals surface area contributed by atoms with E-state index in [0.717, 1.165) is 25.4 Å². The van der Waals surface area contributed by atoms with Gasteiger partial charge in [-0.1, -0.05) is 25.1 Å². The molecule has 0 radical (unpaired) electrons. The topological polar surface area (TPSA) is 24.5 Å². The Morgan fingerprint density at radius 3 is 2.65 bits per heavy atom. The normalized spacial score (nSPS) is 18.9. The fourth-order valence-corrected chi connectivity index (χ4v) is 2.78. The highest BCUT2D eigenvalue weighted by Gasteiger charge is 2.28. The van der Waals surface area contributed by atoms with Crippen LogP contribution < -0.4 is 10.1 Å². The molecule has 1 heterocycles. The molecule has 0 saturated carbocycles. The Labute approximate surface area is 123 Å². The fourth-order valence-electron chi connectivity index (χ4n) is 2.78. The number of benzene rings is 1. The molecule has 1 N–H and O–H groups in total. The first kappa shape index (κ1) is 15.3. The van der Waals surface area contributed by atoms with Crippen LogP contribution in [0.5, 0.6) is 5.75 Å². The Hall–Kier alpha value is -1.06. The fraction of sp³-hybridized carbons (Fsp3) is 0.647. The van der Waals surface area contributed by atoms with E-state index in [4.69, 9.17) is 4.74 Å².